The number of hydrogen-bond acceptors (Lipinski definition) is 3. The topological polar surface area (TPSA) is 55.4 Å². The van der Waals surface area contributed by atoms with Crippen molar-refractivity contribution in [2.45, 2.75) is 11.3 Å². The van der Waals surface area contributed by atoms with E-state index in [0.717, 1.165) is 17.7 Å². The van der Waals surface area contributed by atoms with Crippen LogP contribution in [-0.2, 0) is 16.4 Å². The Morgan fingerprint density at radius 3 is 2.57 bits per heavy atom. The summed E-state index contributed by atoms with van der Waals surface area (Å²) >= 11 is 0. The quantitative estimate of drug-likeness (QED) is 0.942. The molecule has 1 aliphatic rings. The monoisotopic (exact) mass is 303 g/mol. The third-order valence-corrected chi connectivity index (χ3v) is 5.01. The molecule has 1 atom stereocenters. The number of rotatable bonds is 4. The van der Waals surface area contributed by atoms with E-state index in [1.807, 2.05) is 24.3 Å². The Morgan fingerprint density at radius 1 is 1.05 bits per heavy atom. The maximum atomic E-state index is 12.2. The van der Waals surface area contributed by atoms with Gasteiger partial charge in [-0.25, -0.2) is 13.1 Å². The van der Waals surface area contributed by atoms with Crippen molar-refractivity contribution >= 4 is 10.0 Å². The first kappa shape index (κ1) is 14.1. The van der Waals surface area contributed by atoms with Crippen molar-refractivity contribution in [1.82, 2.24) is 4.72 Å². The van der Waals surface area contributed by atoms with E-state index in [4.69, 9.17) is 4.74 Å². The zero-order valence-corrected chi connectivity index (χ0v) is 12.3. The summed E-state index contributed by atoms with van der Waals surface area (Å²) in [4.78, 5) is 0.294. The molecule has 0 bridgehead atoms. The van der Waals surface area contributed by atoms with Crippen LogP contribution in [0.2, 0.25) is 0 Å². The normalized spacial score (nSPS) is 17.8. The van der Waals surface area contributed by atoms with Crippen molar-refractivity contribution in [3.05, 3.63) is 60.2 Å². The second-order valence-electron chi connectivity index (χ2n) is 5.15. The molecular formula is C16H17NO3S. The summed E-state index contributed by atoms with van der Waals surface area (Å²) in [6.45, 7) is 0.917. The molecular weight excluding hydrogens is 286 g/mol. The Balaban J connectivity index is 1.64. The molecule has 0 spiro atoms. The van der Waals surface area contributed by atoms with Crippen LogP contribution in [0.1, 0.15) is 5.56 Å². The summed E-state index contributed by atoms with van der Waals surface area (Å²) in [5.74, 6) is 1.05. The maximum Gasteiger partial charge on any atom is 0.240 e. The van der Waals surface area contributed by atoms with Gasteiger partial charge in [0.05, 0.1) is 11.5 Å². The minimum Gasteiger partial charge on any atom is -0.493 e. The first-order valence-corrected chi connectivity index (χ1v) is 8.39. The van der Waals surface area contributed by atoms with Crippen LogP contribution in [-0.4, -0.2) is 21.6 Å². The number of benzene rings is 2. The van der Waals surface area contributed by atoms with E-state index < -0.39 is 10.0 Å². The molecule has 0 aliphatic carbocycles. The lowest BCUT2D eigenvalue weighted by Gasteiger charge is -2.25. The lowest BCUT2D eigenvalue weighted by Crippen LogP contribution is -2.34. The molecule has 0 aromatic heterocycles. The lowest BCUT2D eigenvalue weighted by molar-refractivity contribution is 0.223. The first-order chi connectivity index (χ1) is 10.1. The van der Waals surface area contributed by atoms with Gasteiger partial charge in [-0.2, -0.15) is 0 Å². The molecule has 0 saturated heterocycles. The molecule has 1 aliphatic heterocycles. The Bertz CT molecular complexity index is 713. The van der Waals surface area contributed by atoms with Crippen molar-refractivity contribution < 1.29 is 13.2 Å². The van der Waals surface area contributed by atoms with Crippen LogP contribution in [0.25, 0.3) is 0 Å². The minimum absolute atomic E-state index is 0.151. The minimum atomic E-state index is -3.44. The predicted octanol–water partition coefficient (Wildman–Crippen LogP) is 2.22. The van der Waals surface area contributed by atoms with Crippen molar-refractivity contribution in [3.8, 4) is 5.75 Å². The van der Waals surface area contributed by atoms with Gasteiger partial charge in [-0.3, -0.25) is 0 Å². The van der Waals surface area contributed by atoms with E-state index in [1.165, 1.54) is 0 Å². The lowest BCUT2D eigenvalue weighted by atomic mass is 9.97. The fourth-order valence-electron chi connectivity index (χ4n) is 2.43. The van der Waals surface area contributed by atoms with Crippen molar-refractivity contribution in [2.24, 2.45) is 5.92 Å². The van der Waals surface area contributed by atoms with Gasteiger partial charge in [-0.1, -0.05) is 36.4 Å². The number of para-hydroxylation sites is 1. The Labute approximate surface area is 124 Å². The summed E-state index contributed by atoms with van der Waals surface area (Å²) in [6, 6.07) is 16.3. The smallest absolute Gasteiger partial charge is 0.240 e. The van der Waals surface area contributed by atoms with Crippen LogP contribution in [0.5, 0.6) is 5.75 Å². The molecule has 0 amide bonds. The molecule has 5 heteroatoms. The highest BCUT2D eigenvalue weighted by atomic mass is 32.2. The molecule has 3 rings (SSSR count). The van der Waals surface area contributed by atoms with Gasteiger partial charge in [0.15, 0.2) is 0 Å². The van der Waals surface area contributed by atoms with Gasteiger partial charge < -0.3 is 4.74 Å². The molecule has 1 unspecified atom stereocenters. The highest BCUT2D eigenvalue weighted by Gasteiger charge is 2.22. The number of fused-ring (bicyclic) bond motifs is 1. The van der Waals surface area contributed by atoms with Gasteiger partial charge in [-0.15, -0.1) is 0 Å². The van der Waals surface area contributed by atoms with Crippen molar-refractivity contribution in [1.29, 1.82) is 0 Å². The Hall–Kier alpha value is -1.85. The second kappa shape index (κ2) is 5.87. The predicted molar refractivity (Wildman–Crippen MR) is 80.8 cm³/mol. The first-order valence-electron chi connectivity index (χ1n) is 6.90. The van der Waals surface area contributed by atoms with Crippen molar-refractivity contribution in [2.75, 3.05) is 13.2 Å². The molecule has 0 fully saturated rings. The SMILES string of the molecule is O=S(=O)(NCC1COc2ccccc2C1)c1ccccc1. The molecule has 1 N–H and O–H groups in total. The third-order valence-electron chi connectivity index (χ3n) is 3.57. The fraction of sp³-hybridized carbons (Fsp3) is 0.250. The summed E-state index contributed by atoms with van der Waals surface area (Å²) in [6.07, 6.45) is 0.827. The Kier molecular flexibility index (Phi) is 3.94. The van der Waals surface area contributed by atoms with E-state index in [9.17, 15) is 8.42 Å². The van der Waals surface area contributed by atoms with E-state index in [-0.39, 0.29) is 5.92 Å². The average molecular weight is 303 g/mol. The summed E-state index contributed by atoms with van der Waals surface area (Å²) < 4.78 is 32.7. The standard InChI is InChI=1S/C16H17NO3S/c18-21(19,15-7-2-1-3-8-15)17-11-13-10-14-6-4-5-9-16(14)20-12-13/h1-9,13,17H,10-12H2. The van der Waals surface area contributed by atoms with Gasteiger partial charge >= 0.3 is 0 Å². The molecule has 2 aromatic carbocycles. The molecule has 4 nitrogen and oxygen atoms in total. The van der Waals surface area contributed by atoms with Gasteiger partial charge in [0.1, 0.15) is 5.75 Å². The summed E-state index contributed by atoms with van der Waals surface area (Å²) in [5.41, 5.74) is 1.13. The largest absolute Gasteiger partial charge is 0.493 e. The average Bonchev–Trinajstić information content (AvgIpc) is 2.54. The van der Waals surface area contributed by atoms with Gasteiger partial charge in [0, 0.05) is 12.5 Å². The second-order valence-corrected chi connectivity index (χ2v) is 6.92. The van der Waals surface area contributed by atoms with Crippen molar-refractivity contribution in [3.63, 3.8) is 0 Å². The number of sulfonamides is 1. The molecule has 0 saturated carbocycles. The number of nitrogens with one attached hydrogen (secondary N) is 1. The molecule has 0 radical (unpaired) electrons. The zero-order valence-electron chi connectivity index (χ0n) is 11.5. The van der Waals surface area contributed by atoms with Crippen LogP contribution in [0.15, 0.2) is 59.5 Å². The third kappa shape index (κ3) is 3.25. The number of hydrogen-bond donors (Lipinski definition) is 1. The highest BCUT2D eigenvalue weighted by molar-refractivity contribution is 7.89. The van der Waals surface area contributed by atoms with Crippen LogP contribution in [0.4, 0.5) is 0 Å². The Morgan fingerprint density at radius 2 is 1.76 bits per heavy atom. The summed E-state index contributed by atoms with van der Waals surface area (Å²) in [7, 11) is -3.44. The number of ether oxygens (including phenoxy) is 1. The van der Waals surface area contributed by atoms with Gasteiger partial charge in [0.25, 0.3) is 0 Å². The highest BCUT2D eigenvalue weighted by Crippen LogP contribution is 2.26. The molecule has 21 heavy (non-hydrogen) atoms. The molecule has 110 valence electrons. The summed E-state index contributed by atoms with van der Waals surface area (Å²) in [5, 5.41) is 0. The van der Waals surface area contributed by atoms with Crippen LogP contribution < -0.4 is 9.46 Å². The van der Waals surface area contributed by atoms with Gasteiger partial charge in [0.2, 0.25) is 10.0 Å². The van der Waals surface area contributed by atoms with Gasteiger partial charge in [-0.05, 0) is 30.2 Å². The zero-order chi connectivity index (χ0) is 14.7. The molecule has 1 heterocycles. The fourth-order valence-corrected chi connectivity index (χ4v) is 3.57. The van der Waals surface area contributed by atoms with Crippen LogP contribution in [0, 0.1) is 5.92 Å². The molecule has 2 aromatic rings. The van der Waals surface area contributed by atoms with E-state index in [0.29, 0.717) is 18.0 Å². The van der Waals surface area contributed by atoms with Crippen LogP contribution >= 0.6 is 0 Å². The maximum absolute atomic E-state index is 12.2. The van der Waals surface area contributed by atoms with Crippen LogP contribution in [0.3, 0.4) is 0 Å². The van der Waals surface area contributed by atoms with E-state index in [1.54, 1.807) is 30.3 Å². The van der Waals surface area contributed by atoms with E-state index in [2.05, 4.69) is 4.72 Å². The van der Waals surface area contributed by atoms with E-state index >= 15 is 0 Å².